The van der Waals surface area contributed by atoms with Crippen LogP contribution in [-0.2, 0) is 0 Å². The van der Waals surface area contributed by atoms with Gasteiger partial charge in [-0.15, -0.1) is 0 Å². The van der Waals surface area contributed by atoms with Crippen LogP contribution in [0.3, 0.4) is 0 Å². The molecule has 0 aromatic carbocycles. The van der Waals surface area contributed by atoms with Crippen molar-refractivity contribution in [1.82, 2.24) is 4.90 Å². The van der Waals surface area contributed by atoms with Crippen LogP contribution in [0, 0.1) is 5.92 Å². The summed E-state index contributed by atoms with van der Waals surface area (Å²) in [6.07, 6.45) is 3.63. The molecule has 1 atom stereocenters. The molecule has 0 aromatic rings. The van der Waals surface area contributed by atoms with Crippen molar-refractivity contribution in [2.24, 2.45) is 5.92 Å². The zero-order chi connectivity index (χ0) is 9.59. The Kier molecular flexibility index (Phi) is 2.18. The van der Waals surface area contributed by atoms with Gasteiger partial charge < -0.3 is 4.90 Å². The molecule has 1 nitrogen and oxygen atoms in total. The van der Waals surface area contributed by atoms with Gasteiger partial charge in [0.05, 0.1) is 4.99 Å². The quantitative estimate of drug-likeness (QED) is 0.591. The van der Waals surface area contributed by atoms with Gasteiger partial charge in [0.25, 0.3) is 0 Å². The van der Waals surface area contributed by atoms with E-state index in [2.05, 4.69) is 25.7 Å². The van der Waals surface area contributed by atoms with Crippen molar-refractivity contribution >= 4 is 17.2 Å². The van der Waals surface area contributed by atoms with E-state index < -0.39 is 0 Å². The van der Waals surface area contributed by atoms with E-state index in [0.717, 1.165) is 17.3 Å². The largest absolute Gasteiger partial charge is 0.337 e. The first-order chi connectivity index (χ1) is 6.11. The monoisotopic (exact) mass is 195 g/mol. The van der Waals surface area contributed by atoms with Crippen molar-refractivity contribution in [3.05, 3.63) is 11.3 Å². The molecular formula is C11H17NS. The molecule has 1 heterocycles. The summed E-state index contributed by atoms with van der Waals surface area (Å²) in [5.41, 5.74) is 3.17. The minimum atomic E-state index is 0.547. The van der Waals surface area contributed by atoms with E-state index >= 15 is 0 Å². The molecule has 2 rings (SSSR count). The van der Waals surface area contributed by atoms with Crippen molar-refractivity contribution in [2.45, 2.75) is 46.1 Å². The van der Waals surface area contributed by atoms with E-state index in [1.165, 1.54) is 12.8 Å². The fraction of sp³-hybridized carbons (Fsp3) is 0.727. The molecule has 0 saturated heterocycles. The van der Waals surface area contributed by atoms with E-state index in [1.807, 2.05) is 0 Å². The number of nitrogens with zero attached hydrogens (tertiary/aromatic N) is 1. The van der Waals surface area contributed by atoms with Crippen LogP contribution in [0.1, 0.15) is 40.0 Å². The molecule has 1 aliphatic carbocycles. The number of hydrogen-bond donors (Lipinski definition) is 0. The average Bonchev–Trinajstić information content (AvgIpc) is 2.51. The summed E-state index contributed by atoms with van der Waals surface area (Å²) in [5, 5.41) is 0. The van der Waals surface area contributed by atoms with Crippen LogP contribution in [-0.4, -0.2) is 15.9 Å². The third kappa shape index (κ3) is 1.32. The Hall–Kier alpha value is -0.370. The molecule has 0 radical (unpaired) electrons. The van der Waals surface area contributed by atoms with Gasteiger partial charge in [0.15, 0.2) is 0 Å². The lowest BCUT2D eigenvalue weighted by molar-refractivity contribution is 0.425. The lowest BCUT2D eigenvalue weighted by Gasteiger charge is -2.26. The Labute approximate surface area is 85.8 Å². The normalized spacial score (nSPS) is 27.8. The van der Waals surface area contributed by atoms with Crippen LogP contribution in [0.5, 0.6) is 0 Å². The van der Waals surface area contributed by atoms with Crippen LogP contribution >= 0.6 is 12.2 Å². The fourth-order valence-electron chi connectivity index (χ4n) is 2.52. The summed E-state index contributed by atoms with van der Waals surface area (Å²) in [6.45, 7) is 6.78. The van der Waals surface area contributed by atoms with Crippen LogP contribution < -0.4 is 0 Å². The first-order valence-corrected chi connectivity index (χ1v) is 5.56. The van der Waals surface area contributed by atoms with Gasteiger partial charge in [0.1, 0.15) is 0 Å². The van der Waals surface area contributed by atoms with E-state index in [4.69, 9.17) is 12.2 Å². The second kappa shape index (κ2) is 3.09. The highest BCUT2D eigenvalue weighted by atomic mass is 32.1. The molecule has 72 valence electrons. The van der Waals surface area contributed by atoms with E-state index in [-0.39, 0.29) is 0 Å². The van der Waals surface area contributed by atoms with E-state index in [0.29, 0.717) is 6.04 Å². The SMILES string of the molecule is CC1CCC2=C1CC(=S)N2C(C)C. The maximum atomic E-state index is 5.41. The lowest BCUT2D eigenvalue weighted by atomic mass is 10.0. The third-order valence-electron chi connectivity index (χ3n) is 3.20. The zero-order valence-corrected chi connectivity index (χ0v) is 9.45. The molecule has 0 fully saturated rings. The Morgan fingerprint density at radius 1 is 1.46 bits per heavy atom. The molecular weight excluding hydrogens is 178 g/mol. The molecule has 0 N–H and O–H groups in total. The summed E-state index contributed by atoms with van der Waals surface area (Å²) in [7, 11) is 0. The van der Waals surface area contributed by atoms with Crippen molar-refractivity contribution in [1.29, 1.82) is 0 Å². The molecule has 2 heteroatoms. The maximum Gasteiger partial charge on any atom is 0.0865 e. The first-order valence-electron chi connectivity index (χ1n) is 5.15. The van der Waals surface area contributed by atoms with Gasteiger partial charge in [-0.25, -0.2) is 0 Å². The predicted molar refractivity (Wildman–Crippen MR) is 59.6 cm³/mol. The topological polar surface area (TPSA) is 3.24 Å². The number of rotatable bonds is 1. The van der Waals surface area contributed by atoms with Crippen molar-refractivity contribution in [3.63, 3.8) is 0 Å². The first kappa shape index (κ1) is 9.20. The van der Waals surface area contributed by atoms with Gasteiger partial charge in [-0.3, -0.25) is 0 Å². The van der Waals surface area contributed by atoms with Gasteiger partial charge >= 0.3 is 0 Å². The van der Waals surface area contributed by atoms with Crippen LogP contribution in [0.15, 0.2) is 11.3 Å². The molecule has 0 amide bonds. The summed E-state index contributed by atoms with van der Waals surface area (Å²) < 4.78 is 0. The third-order valence-corrected chi connectivity index (χ3v) is 3.54. The minimum absolute atomic E-state index is 0.547. The van der Waals surface area contributed by atoms with Crippen molar-refractivity contribution < 1.29 is 0 Å². The van der Waals surface area contributed by atoms with Crippen LogP contribution in [0.4, 0.5) is 0 Å². The maximum absolute atomic E-state index is 5.41. The summed E-state index contributed by atoms with van der Waals surface area (Å²) in [6, 6.07) is 0.547. The molecule has 0 saturated carbocycles. The smallest absolute Gasteiger partial charge is 0.0865 e. The molecule has 0 spiro atoms. The average molecular weight is 195 g/mol. The molecule has 13 heavy (non-hydrogen) atoms. The van der Waals surface area contributed by atoms with Gasteiger partial charge in [-0.05, 0) is 38.2 Å². The lowest BCUT2D eigenvalue weighted by Crippen LogP contribution is -2.30. The zero-order valence-electron chi connectivity index (χ0n) is 8.63. The van der Waals surface area contributed by atoms with Gasteiger partial charge in [0, 0.05) is 18.2 Å². The van der Waals surface area contributed by atoms with Crippen molar-refractivity contribution in [3.8, 4) is 0 Å². The Morgan fingerprint density at radius 3 is 2.77 bits per heavy atom. The number of thiocarbonyl (C=S) groups is 1. The van der Waals surface area contributed by atoms with Crippen LogP contribution in [0.25, 0.3) is 0 Å². The molecule has 0 bridgehead atoms. The molecule has 1 aliphatic heterocycles. The predicted octanol–water partition coefficient (Wildman–Crippen LogP) is 3.11. The summed E-state index contributed by atoms with van der Waals surface area (Å²) in [4.78, 5) is 3.51. The van der Waals surface area contributed by atoms with Gasteiger partial charge in [0.2, 0.25) is 0 Å². The highest BCUT2D eigenvalue weighted by Gasteiger charge is 2.34. The highest BCUT2D eigenvalue weighted by Crippen LogP contribution is 2.42. The van der Waals surface area contributed by atoms with E-state index in [1.54, 1.807) is 11.3 Å². The number of allylic oxidation sites excluding steroid dienone is 1. The van der Waals surface area contributed by atoms with Gasteiger partial charge in [-0.1, -0.05) is 19.1 Å². The minimum Gasteiger partial charge on any atom is -0.337 e. The molecule has 0 aromatic heterocycles. The summed E-state index contributed by atoms with van der Waals surface area (Å²) in [5.74, 6) is 0.775. The Bertz CT molecular complexity index is 278. The van der Waals surface area contributed by atoms with E-state index in [9.17, 15) is 0 Å². The Balaban J connectivity index is 2.30. The number of hydrogen-bond acceptors (Lipinski definition) is 1. The molecule has 1 unspecified atom stereocenters. The standard InChI is InChI=1S/C11H17NS/c1-7(2)12-10-5-4-8(3)9(10)6-11(12)13/h7-8H,4-6H2,1-3H3. The highest BCUT2D eigenvalue weighted by molar-refractivity contribution is 7.80. The Morgan fingerprint density at radius 2 is 2.15 bits per heavy atom. The fourth-order valence-corrected chi connectivity index (χ4v) is 3.00. The number of likely N-dealkylation sites (tertiary alicyclic amines) is 1. The van der Waals surface area contributed by atoms with Gasteiger partial charge in [-0.2, -0.15) is 0 Å². The summed E-state index contributed by atoms with van der Waals surface area (Å²) >= 11 is 5.41. The second-order valence-electron chi connectivity index (χ2n) is 4.45. The molecule has 2 aliphatic rings. The second-order valence-corrected chi connectivity index (χ2v) is 4.92. The van der Waals surface area contributed by atoms with Crippen molar-refractivity contribution in [2.75, 3.05) is 0 Å². The van der Waals surface area contributed by atoms with Crippen LogP contribution in [0.2, 0.25) is 0 Å².